The quantitative estimate of drug-likeness (QED) is 0.887. The van der Waals surface area contributed by atoms with Crippen molar-refractivity contribution < 1.29 is 19.4 Å². The molecule has 0 aromatic carbocycles. The number of carbonyl (C=O) groups is 2. The van der Waals surface area contributed by atoms with Gasteiger partial charge in [-0.1, -0.05) is 0 Å². The Hall–Kier alpha value is -1.56. The molecule has 0 aliphatic carbocycles. The van der Waals surface area contributed by atoms with Gasteiger partial charge < -0.3 is 14.7 Å². The van der Waals surface area contributed by atoms with Crippen LogP contribution in [0.4, 0.5) is 0 Å². The van der Waals surface area contributed by atoms with Crippen LogP contribution in [-0.2, 0) is 4.79 Å². The summed E-state index contributed by atoms with van der Waals surface area (Å²) in [6, 6.07) is 0.958. The lowest BCUT2D eigenvalue weighted by molar-refractivity contribution is -0.141. The van der Waals surface area contributed by atoms with Crippen molar-refractivity contribution in [1.82, 2.24) is 4.90 Å². The summed E-state index contributed by atoms with van der Waals surface area (Å²) in [4.78, 5) is 25.0. The molecule has 17 heavy (non-hydrogen) atoms. The number of rotatable bonds is 3. The summed E-state index contributed by atoms with van der Waals surface area (Å²) in [6.45, 7) is 0.510. The molecule has 5 nitrogen and oxygen atoms in total. The number of likely N-dealkylation sites (tertiary alicyclic amines) is 1. The minimum atomic E-state index is -0.931. The molecule has 0 unspecified atom stereocenters. The van der Waals surface area contributed by atoms with Crippen molar-refractivity contribution in [3.8, 4) is 5.75 Å². The van der Waals surface area contributed by atoms with Crippen molar-refractivity contribution in [2.24, 2.45) is 0 Å². The summed E-state index contributed by atoms with van der Waals surface area (Å²) < 4.78 is 5.01. The maximum absolute atomic E-state index is 12.1. The lowest BCUT2D eigenvalue weighted by Crippen LogP contribution is -2.40. The van der Waals surface area contributed by atoms with Gasteiger partial charge in [-0.3, -0.25) is 4.79 Å². The summed E-state index contributed by atoms with van der Waals surface area (Å²) in [5.74, 6) is -0.521. The van der Waals surface area contributed by atoms with Gasteiger partial charge in [-0.15, -0.1) is 11.3 Å². The predicted molar refractivity (Wildman–Crippen MR) is 62.6 cm³/mol. The van der Waals surface area contributed by atoms with Crippen molar-refractivity contribution in [1.29, 1.82) is 0 Å². The first-order valence-corrected chi connectivity index (χ1v) is 6.17. The fourth-order valence-electron chi connectivity index (χ4n) is 1.95. The molecule has 1 atom stereocenters. The van der Waals surface area contributed by atoms with E-state index in [1.165, 1.54) is 23.3 Å². The molecule has 6 heteroatoms. The average Bonchev–Trinajstić information content (AvgIpc) is 2.97. The van der Waals surface area contributed by atoms with Gasteiger partial charge in [0.25, 0.3) is 5.91 Å². The van der Waals surface area contributed by atoms with Gasteiger partial charge >= 0.3 is 5.97 Å². The summed E-state index contributed by atoms with van der Waals surface area (Å²) >= 11 is 1.27. The standard InChI is InChI=1S/C11H13NO4S/c1-16-7-5-9(17-6-7)10(13)12-4-2-3-8(12)11(14)15/h5-6,8H,2-4H2,1H3,(H,14,15)/t8-/m1/s1. The molecule has 0 saturated carbocycles. The third-order valence-corrected chi connectivity index (χ3v) is 3.72. The van der Waals surface area contributed by atoms with E-state index in [0.717, 1.165) is 6.42 Å². The Morgan fingerprint density at radius 3 is 2.94 bits per heavy atom. The van der Waals surface area contributed by atoms with E-state index >= 15 is 0 Å². The molecule has 0 radical (unpaired) electrons. The van der Waals surface area contributed by atoms with Gasteiger partial charge in [0, 0.05) is 18.0 Å². The fraction of sp³-hybridized carbons (Fsp3) is 0.455. The van der Waals surface area contributed by atoms with Gasteiger partial charge in [0.05, 0.1) is 12.0 Å². The molecule has 1 aliphatic rings. The largest absolute Gasteiger partial charge is 0.496 e. The maximum Gasteiger partial charge on any atom is 0.326 e. The molecule has 1 saturated heterocycles. The third kappa shape index (κ3) is 2.26. The van der Waals surface area contributed by atoms with Crippen LogP contribution in [0.5, 0.6) is 5.75 Å². The summed E-state index contributed by atoms with van der Waals surface area (Å²) in [5.41, 5.74) is 0. The lowest BCUT2D eigenvalue weighted by atomic mass is 10.2. The Kier molecular flexibility index (Phi) is 3.33. The number of aliphatic carboxylic acids is 1. The molecule has 1 aromatic rings. The minimum absolute atomic E-state index is 0.219. The Morgan fingerprint density at radius 1 is 1.59 bits per heavy atom. The molecular formula is C11H13NO4S. The van der Waals surface area contributed by atoms with E-state index < -0.39 is 12.0 Å². The topological polar surface area (TPSA) is 66.8 Å². The lowest BCUT2D eigenvalue weighted by Gasteiger charge is -2.20. The summed E-state index contributed by atoms with van der Waals surface area (Å²) in [7, 11) is 1.53. The molecule has 1 amide bonds. The van der Waals surface area contributed by atoms with E-state index in [0.29, 0.717) is 23.6 Å². The van der Waals surface area contributed by atoms with Gasteiger partial charge in [0.1, 0.15) is 11.8 Å². The highest BCUT2D eigenvalue weighted by atomic mass is 32.1. The second kappa shape index (κ2) is 4.75. The molecule has 0 spiro atoms. The zero-order valence-electron chi connectivity index (χ0n) is 9.38. The Morgan fingerprint density at radius 2 is 2.35 bits per heavy atom. The molecule has 92 valence electrons. The normalized spacial score (nSPS) is 19.4. The van der Waals surface area contributed by atoms with Gasteiger partial charge in [-0.25, -0.2) is 4.79 Å². The molecular weight excluding hydrogens is 242 g/mol. The van der Waals surface area contributed by atoms with Crippen LogP contribution in [-0.4, -0.2) is 41.6 Å². The molecule has 1 fully saturated rings. The van der Waals surface area contributed by atoms with Gasteiger partial charge in [0.2, 0.25) is 0 Å². The first-order valence-electron chi connectivity index (χ1n) is 5.30. The van der Waals surface area contributed by atoms with Crippen LogP contribution in [0.25, 0.3) is 0 Å². The number of amides is 1. The first-order chi connectivity index (χ1) is 8.13. The van der Waals surface area contributed by atoms with Crippen LogP contribution in [0.2, 0.25) is 0 Å². The Bertz CT molecular complexity index is 442. The molecule has 0 bridgehead atoms. The van der Waals surface area contributed by atoms with Crippen molar-refractivity contribution in [2.45, 2.75) is 18.9 Å². The van der Waals surface area contributed by atoms with Gasteiger partial charge in [-0.2, -0.15) is 0 Å². The molecule has 1 aliphatic heterocycles. The number of thiophene rings is 1. The van der Waals surface area contributed by atoms with E-state index in [4.69, 9.17) is 9.84 Å². The maximum atomic E-state index is 12.1. The zero-order chi connectivity index (χ0) is 12.4. The number of hydrogen-bond donors (Lipinski definition) is 1. The third-order valence-electron chi connectivity index (χ3n) is 2.82. The van der Waals surface area contributed by atoms with Crippen LogP contribution in [0.1, 0.15) is 22.5 Å². The van der Waals surface area contributed by atoms with Crippen molar-refractivity contribution in [2.75, 3.05) is 13.7 Å². The van der Waals surface area contributed by atoms with Crippen molar-refractivity contribution in [3.63, 3.8) is 0 Å². The molecule has 2 heterocycles. The second-order valence-electron chi connectivity index (χ2n) is 3.85. The fourth-order valence-corrected chi connectivity index (χ4v) is 2.76. The highest BCUT2D eigenvalue weighted by Gasteiger charge is 2.34. The molecule has 1 aromatic heterocycles. The van der Waals surface area contributed by atoms with Gasteiger partial charge in [0.15, 0.2) is 0 Å². The predicted octanol–water partition coefficient (Wildman–Crippen LogP) is 1.45. The van der Waals surface area contributed by atoms with Crippen LogP contribution >= 0.6 is 11.3 Å². The smallest absolute Gasteiger partial charge is 0.326 e. The minimum Gasteiger partial charge on any atom is -0.496 e. The van der Waals surface area contributed by atoms with E-state index in [-0.39, 0.29) is 5.91 Å². The number of nitrogens with zero attached hydrogens (tertiary/aromatic N) is 1. The molecule has 2 rings (SSSR count). The number of carbonyl (C=O) groups excluding carboxylic acids is 1. The van der Waals surface area contributed by atoms with Crippen LogP contribution in [0.15, 0.2) is 11.4 Å². The number of carboxylic acid groups (broad SMARTS) is 1. The van der Waals surface area contributed by atoms with E-state index in [9.17, 15) is 9.59 Å². The van der Waals surface area contributed by atoms with Crippen molar-refractivity contribution >= 4 is 23.2 Å². The van der Waals surface area contributed by atoms with Crippen LogP contribution < -0.4 is 4.74 Å². The second-order valence-corrected chi connectivity index (χ2v) is 4.76. The van der Waals surface area contributed by atoms with E-state index in [1.807, 2.05) is 0 Å². The highest BCUT2D eigenvalue weighted by molar-refractivity contribution is 7.12. The first kappa shape index (κ1) is 11.9. The van der Waals surface area contributed by atoms with Crippen LogP contribution in [0, 0.1) is 0 Å². The van der Waals surface area contributed by atoms with Gasteiger partial charge in [-0.05, 0) is 12.8 Å². The SMILES string of the molecule is COc1csc(C(=O)N2CCC[C@@H]2C(=O)O)c1. The number of ether oxygens (including phenoxy) is 1. The number of methoxy groups -OCH3 is 1. The summed E-state index contributed by atoms with van der Waals surface area (Å²) in [5, 5.41) is 10.8. The zero-order valence-corrected chi connectivity index (χ0v) is 10.2. The number of hydrogen-bond acceptors (Lipinski definition) is 4. The van der Waals surface area contributed by atoms with Crippen molar-refractivity contribution in [3.05, 3.63) is 16.3 Å². The highest BCUT2D eigenvalue weighted by Crippen LogP contribution is 2.26. The van der Waals surface area contributed by atoms with E-state index in [1.54, 1.807) is 11.4 Å². The average molecular weight is 255 g/mol. The Labute approximate surface area is 103 Å². The Balaban J connectivity index is 2.16. The summed E-state index contributed by atoms with van der Waals surface area (Å²) in [6.07, 6.45) is 1.27. The van der Waals surface area contributed by atoms with Crippen LogP contribution in [0.3, 0.4) is 0 Å². The molecule has 1 N–H and O–H groups in total. The number of carboxylic acids is 1. The monoisotopic (exact) mass is 255 g/mol. The van der Waals surface area contributed by atoms with E-state index in [2.05, 4.69) is 0 Å².